The number of halogens is 1. The Morgan fingerprint density at radius 1 is 1.07 bits per heavy atom. The summed E-state index contributed by atoms with van der Waals surface area (Å²) >= 11 is 0. The lowest BCUT2D eigenvalue weighted by Gasteiger charge is -2.33. The van der Waals surface area contributed by atoms with Gasteiger partial charge in [-0.3, -0.25) is 4.79 Å². The molecule has 1 aromatic carbocycles. The number of rotatable bonds is 2. The van der Waals surface area contributed by atoms with E-state index in [1.165, 1.54) is 4.90 Å². The van der Waals surface area contributed by atoms with Crippen LogP contribution in [0.4, 0.5) is 14.9 Å². The van der Waals surface area contributed by atoms with Crippen molar-refractivity contribution in [2.75, 3.05) is 11.9 Å². The summed E-state index contributed by atoms with van der Waals surface area (Å²) in [5, 5.41) is 2.91. The van der Waals surface area contributed by atoms with E-state index >= 15 is 4.39 Å². The van der Waals surface area contributed by atoms with Crippen molar-refractivity contribution < 1.29 is 18.7 Å². The highest BCUT2D eigenvalue weighted by atomic mass is 19.1. The second-order valence-corrected chi connectivity index (χ2v) is 9.83. The quantitative estimate of drug-likeness (QED) is 0.761. The molecule has 1 aliphatic heterocycles. The Morgan fingerprint density at radius 2 is 1.68 bits per heavy atom. The summed E-state index contributed by atoms with van der Waals surface area (Å²) in [6.07, 6.45) is 0.451. The molecule has 0 saturated heterocycles. The molecule has 1 aromatic rings. The lowest BCUT2D eigenvalue weighted by molar-refractivity contribution is -0.117. The van der Waals surface area contributed by atoms with Crippen LogP contribution >= 0.6 is 0 Å². The number of carbonyl (C=O) groups excluding carboxylic acids is 2. The maximum atomic E-state index is 15.2. The fraction of sp³-hybridized carbons (Fsp3) is 0.636. The zero-order chi connectivity index (χ0) is 21.4. The van der Waals surface area contributed by atoms with E-state index in [2.05, 4.69) is 5.32 Å². The molecule has 0 saturated carbocycles. The van der Waals surface area contributed by atoms with E-state index in [1.807, 2.05) is 48.5 Å². The van der Waals surface area contributed by atoms with Gasteiger partial charge in [-0.05, 0) is 57.6 Å². The normalized spacial score (nSPS) is 14.5. The third kappa shape index (κ3) is 5.24. The molecule has 0 unspecified atom stereocenters. The Morgan fingerprint density at radius 3 is 2.21 bits per heavy atom. The third-order valence-corrected chi connectivity index (χ3v) is 4.75. The van der Waals surface area contributed by atoms with Gasteiger partial charge in [-0.1, -0.05) is 20.8 Å². The van der Waals surface area contributed by atoms with Crippen molar-refractivity contribution in [3.05, 3.63) is 28.1 Å². The molecule has 0 aromatic heterocycles. The molecule has 6 heteroatoms. The van der Waals surface area contributed by atoms with Gasteiger partial charge >= 0.3 is 6.09 Å². The Bertz CT molecular complexity index is 789. The summed E-state index contributed by atoms with van der Waals surface area (Å²) in [4.78, 5) is 26.3. The SMILES string of the molecule is Cc1c(F)c2c(c(C)c1NC(=O)CC(C)(C)C)CCN(C(=O)OC(C)(C)C)C2. The Balaban J connectivity index is 2.30. The first-order valence-electron chi connectivity index (χ1n) is 9.78. The summed E-state index contributed by atoms with van der Waals surface area (Å²) in [6.45, 7) is 15.6. The van der Waals surface area contributed by atoms with Crippen molar-refractivity contribution in [3.8, 4) is 0 Å². The number of nitrogens with zero attached hydrogens (tertiary/aromatic N) is 1. The van der Waals surface area contributed by atoms with Crippen molar-refractivity contribution in [2.24, 2.45) is 5.41 Å². The fourth-order valence-electron chi connectivity index (χ4n) is 3.48. The van der Waals surface area contributed by atoms with Crippen LogP contribution in [-0.4, -0.2) is 29.0 Å². The summed E-state index contributed by atoms with van der Waals surface area (Å²) in [5.74, 6) is -0.482. The van der Waals surface area contributed by atoms with Crippen LogP contribution in [-0.2, 0) is 22.5 Å². The molecule has 0 bridgehead atoms. The number of ether oxygens (including phenoxy) is 1. The number of benzene rings is 1. The highest BCUT2D eigenvalue weighted by Gasteiger charge is 2.30. The van der Waals surface area contributed by atoms with Crippen LogP contribution in [0.25, 0.3) is 0 Å². The second-order valence-electron chi connectivity index (χ2n) is 9.83. The minimum atomic E-state index is -0.594. The summed E-state index contributed by atoms with van der Waals surface area (Å²) < 4.78 is 20.6. The van der Waals surface area contributed by atoms with Crippen LogP contribution in [0.3, 0.4) is 0 Å². The number of nitrogens with one attached hydrogen (secondary N) is 1. The van der Waals surface area contributed by atoms with Gasteiger partial charge in [0.25, 0.3) is 0 Å². The first-order chi connectivity index (χ1) is 12.7. The molecule has 0 spiro atoms. The lowest BCUT2D eigenvalue weighted by Crippen LogP contribution is -2.40. The number of hydrogen-bond donors (Lipinski definition) is 1. The van der Waals surface area contributed by atoms with E-state index in [-0.39, 0.29) is 23.7 Å². The predicted molar refractivity (Wildman–Crippen MR) is 109 cm³/mol. The molecule has 2 amide bonds. The topological polar surface area (TPSA) is 58.6 Å². The molecule has 0 aliphatic carbocycles. The van der Waals surface area contributed by atoms with Crippen LogP contribution in [0.2, 0.25) is 0 Å². The summed E-state index contributed by atoms with van der Waals surface area (Å²) in [5.41, 5.74) is 2.48. The minimum Gasteiger partial charge on any atom is -0.444 e. The minimum absolute atomic E-state index is 0.121. The van der Waals surface area contributed by atoms with Crippen LogP contribution in [0.5, 0.6) is 0 Å². The largest absolute Gasteiger partial charge is 0.444 e. The predicted octanol–water partition coefficient (Wildman–Crippen LogP) is 5.11. The van der Waals surface area contributed by atoms with Gasteiger partial charge in [0.05, 0.1) is 6.54 Å². The maximum absolute atomic E-state index is 15.2. The second kappa shape index (κ2) is 7.72. The van der Waals surface area contributed by atoms with E-state index in [0.717, 1.165) is 11.1 Å². The molecule has 0 atom stereocenters. The zero-order valence-corrected chi connectivity index (χ0v) is 18.4. The van der Waals surface area contributed by atoms with E-state index in [9.17, 15) is 9.59 Å². The van der Waals surface area contributed by atoms with Crippen molar-refractivity contribution in [2.45, 2.75) is 80.4 Å². The van der Waals surface area contributed by atoms with Gasteiger partial charge in [-0.15, -0.1) is 0 Å². The lowest BCUT2D eigenvalue weighted by atomic mass is 9.89. The monoisotopic (exact) mass is 392 g/mol. The highest BCUT2D eigenvalue weighted by Crippen LogP contribution is 2.35. The van der Waals surface area contributed by atoms with Gasteiger partial charge < -0.3 is 15.0 Å². The highest BCUT2D eigenvalue weighted by molar-refractivity contribution is 5.93. The summed E-state index contributed by atoms with van der Waals surface area (Å²) in [7, 11) is 0. The van der Waals surface area contributed by atoms with Gasteiger partial charge in [0.1, 0.15) is 11.4 Å². The maximum Gasteiger partial charge on any atom is 0.410 e. The van der Waals surface area contributed by atoms with E-state index in [0.29, 0.717) is 36.2 Å². The smallest absolute Gasteiger partial charge is 0.410 e. The first-order valence-corrected chi connectivity index (χ1v) is 9.78. The van der Waals surface area contributed by atoms with Crippen molar-refractivity contribution >= 4 is 17.7 Å². The molecule has 28 heavy (non-hydrogen) atoms. The standard InChI is InChI=1S/C22H33FN2O3/c1-13-15-9-10-25(20(27)28-22(6,7)8)12-16(15)18(23)14(2)19(13)24-17(26)11-21(3,4)5/h9-12H2,1-8H3,(H,24,26). The van der Waals surface area contributed by atoms with Crippen molar-refractivity contribution in [1.82, 2.24) is 4.90 Å². The molecule has 156 valence electrons. The van der Waals surface area contributed by atoms with Gasteiger partial charge in [0.15, 0.2) is 0 Å². The molecule has 1 N–H and O–H groups in total. The van der Waals surface area contributed by atoms with Crippen LogP contribution in [0, 0.1) is 25.1 Å². The van der Waals surface area contributed by atoms with Crippen LogP contribution < -0.4 is 5.32 Å². The average molecular weight is 393 g/mol. The number of anilines is 1. The van der Waals surface area contributed by atoms with E-state index in [1.54, 1.807) is 6.92 Å². The van der Waals surface area contributed by atoms with Gasteiger partial charge in [0.2, 0.25) is 5.91 Å². The molecular weight excluding hydrogens is 359 g/mol. The van der Waals surface area contributed by atoms with Gasteiger partial charge in [0, 0.05) is 29.8 Å². The molecule has 0 fully saturated rings. The van der Waals surface area contributed by atoms with E-state index in [4.69, 9.17) is 4.74 Å². The average Bonchev–Trinajstić information content (AvgIpc) is 2.53. The zero-order valence-electron chi connectivity index (χ0n) is 18.4. The van der Waals surface area contributed by atoms with Crippen LogP contribution in [0.1, 0.15) is 70.2 Å². The number of fused-ring (bicyclic) bond motifs is 1. The van der Waals surface area contributed by atoms with Crippen molar-refractivity contribution in [1.29, 1.82) is 0 Å². The summed E-state index contributed by atoms with van der Waals surface area (Å²) in [6, 6.07) is 0. The Kier molecular flexibility index (Phi) is 6.12. The molecule has 0 radical (unpaired) electrons. The molecule has 1 heterocycles. The Labute approximate surface area is 167 Å². The molecule has 5 nitrogen and oxygen atoms in total. The first kappa shape index (κ1) is 22.2. The fourth-order valence-corrected chi connectivity index (χ4v) is 3.48. The molecule has 1 aliphatic rings. The van der Waals surface area contributed by atoms with Crippen LogP contribution in [0.15, 0.2) is 0 Å². The number of amides is 2. The van der Waals surface area contributed by atoms with Crippen molar-refractivity contribution in [3.63, 3.8) is 0 Å². The third-order valence-electron chi connectivity index (χ3n) is 4.75. The van der Waals surface area contributed by atoms with E-state index < -0.39 is 11.7 Å². The Hall–Kier alpha value is -2.11. The van der Waals surface area contributed by atoms with Gasteiger partial charge in [-0.25, -0.2) is 9.18 Å². The van der Waals surface area contributed by atoms with Gasteiger partial charge in [-0.2, -0.15) is 0 Å². The molecular formula is C22H33FN2O3. The number of carbonyl (C=O) groups is 2. The number of hydrogen-bond acceptors (Lipinski definition) is 3. The molecule has 2 rings (SSSR count).